The molecule has 0 spiro atoms. The predicted octanol–water partition coefficient (Wildman–Crippen LogP) is 0.542. The van der Waals surface area contributed by atoms with Gasteiger partial charge in [0.05, 0.1) is 13.5 Å². The molecule has 0 aliphatic rings. The number of aromatic nitrogens is 1. The molecule has 8 heteroatoms. The number of hydrogen-bond acceptors (Lipinski definition) is 5. The zero-order valence-corrected chi connectivity index (χ0v) is 11.9. The van der Waals surface area contributed by atoms with E-state index in [1.54, 1.807) is 18.3 Å². The molecule has 0 saturated carbocycles. The summed E-state index contributed by atoms with van der Waals surface area (Å²) in [6.45, 7) is 1.89. The quantitative estimate of drug-likeness (QED) is 0.771. The third kappa shape index (κ3) is 4.84. The predicted molar refractivity (Wildman–Crippen MR) is 70.8 cm³/mol. The van der Waals surface area contributed by atoms with Crippen molar-refractivity contribution in [3.63, 3.8) is 0 Å². The van der Waals surface area contributed by atoms with E-state index in [-0.39, 0.29) is 18.8 Å². The molecule has 0 aromatic carbocycles. The lowest BCUT2D eigenvalue weighted by atomic mass is 10.3. The van der Waals surface area contributed by atoms with E-state index < -0.39 is 16.2 Å². The van der Waals surface area contributed by atoms with Gasteiger partial charge >= 0.3 is 16.2 Å². The fraction of sp³-hybridized carbons (Fsp3) is 0.455. The number of rotatable bonds is 6. The molecule has 0 saturated heterocycles. The van der Waals surface area contributed by atoms with Gasteiger partial charge in [-0.05, 0) is 18.6 Å². The molecule has 1 rings (SSSR count). The average molecular weight is 287 g/mol. The molecule has 0 fully saturated rings. The SMILES string of the molecule is COC(=O)CCN(C)S(=O)(=O)Nc1ccc(C)cn1. The van der Waals surface area contributed by atoms with E-state index in [9.17, 15) is 13.2 Å². The van der Waals surface area contributed by atoms with E-state index in [4.69, 9.17) is 0 Å². The van der Waals surface area contributed by atoms with Crippen LogP contribution in [0.25, 0.3) is 0 Å². The van der Waals surface area contributed by atoms with Crippen molar-refractivity contribution in [2.24, 2.45) is 0 Å². The smallest absolute Gasteiger partial charge is 0.306 e. The summed E-state index contributed by atoms with van der Waals surface area (Å²) in [5, 5.41) is 0. The van der Waals surface area contributed by atoms with Crippen LogP contribution in [-0.2, 0) is 19.7 Å². The van der Waals surface area contributed by atoms with E-state index in [1.165, 1.54) is 14.2 Å². The maximum Gasteiger partial charge on any atom is 0.306 e. The van der Waals surface area contributed by atoms with Gasteiger partial charge in [-0.25, -0.2) is 4.98 Å². The number of aryl methyl sites for hydroxylation is 1. The molecule has 0 atom stereocenters. The molecule has 19 heavy (non-hydrogen) atoms. The number of pyridine rings is 1. The number of nitrogens with zero attached hydrogens (tertiary/aromatic N) is 2. The Morgan fingerprint density at radius 3 is 2.68 bits per heavy atom. The zero-order valence-electron chi connectivity index (χ0n) is 11.1. The van der Waals surface area contributed by atoms with Gasteiger partial charge in [0.25, 0.3) is 0 Å². The first-order chi connectivity index (χ1) is 8.85. The summed E-state index contributed by atoms with van der Waals surface area (Å²) < 4.78 is 31.6. The number of hydrogen-bond donors (Lipinski definition) is 1. The highest BCUT2D eigenvalue weighted by atomic mass is 32.2. The highest BCUT2D eigenvalue weighted by molar-refractivity contribution is 7.90. The Balaban J connectivity index is 2.64. The van der Waals surface area contributed by atoms with Gasteiger partial charge in [0, 0.05) is 19.8 Å². The lowest BCUT2D eigenvalue weighted by Crippen LogP contribution is -2.34. The first-order valence-electron chi connectivity index (χ1n) is 5.58. The molecule has 7 nitrogen and oxygen atoms in total. The number of esters is 1. The molecule has 1 heterocycles. The summed E-state index contributed by atoms with van der Waals surface area (Å²) >= 11 is 0. The van der Waals surface area contributed by atoms with Gasteiger partial charge in [-0.2, -0.15) is 12.7 Å². The molecule has 0 unspecified atom stereocenters. The van der Waals surface area contributed by atoms with Crippen molar-refractivity contribution in [3.8, 4) is 0 Å². The topological polar surface area (TPSA) is 88.6 Å². The van der Waals surface area contributed by atoms with Crippen molar-refractivity contribution in [2.45, 2.75) is 13.3 Å². The largest absolute Gasteiger partial charge is 0.469 e. The number of nitrogens with one attached hydrogen (secondary N) is 1. The second kappa shape index (κ2) is 6.48. The Bertz CT molecular complexity index is 527. The summed E-state index contributed by atoms with van der Waals surface area (Å²) in [5.74, 6) is -0.231. The minimum atomic E-state index is -3.72. The number of ether oxygens (including phenoxy) is 1. The third-order valence-corrected chi connectivity index (χ3v) is 3.88. The fourth-order valence-corrected chi connectivity index (χ4v) is 2.08. The molecule has 0 radical (unpaired) electrons. The Morgan fingerprint density at radius 1 is 1.47 bits per heavy atom. The lowest BCUT2D eigenvalue weighted by Gasteiger charge is -2.17. The number of anilines is 1. The highest BCUT2D eigenvalue weighted by Crippen LogP contribution is 2.08. The van der Waals surface area contributed by atoms with Gasteiger partial charge in [-0.1, -0.05) is 6.07 Å². The monoisotopic (exact) mass is 287 g/mol. The minimum Gasteiger partial charge on any atom is -0.469 e. The maximum atomic E-state index is 11.9. The van der Waals surface area contributed by atoms with Crippen molar-refractivity contribution < 1.29 is 17.9 Å². The standard InChI is InChI=1S/C11H17N3O4S/c1-9-4-5-10(12-8-9)13-19(16,17)14(2)7-6-11(15)18-3/h4-5,8H,6-7H2,1-3H3,(H,12,13). The Hall–Kier alpha value is -1.67. The highest BCUT2D eigenvalue weighted by Gasteiger charge is 2.19. The molecule has 0 aliphatic carbocycles. The van der Waals surface area contributed by atoms with Crippen LogP contribution >= 0.6 is 0 Å². The first-order valence-corrected chi connectivity index (χ1v) is 7.02. The summed E-state index contributed by atoms with van der Waals surface area (Å²) in [5.41, 5.74) is 0.932. The lowest BCUT2D eigenvalue weighted by molar-refractivity contribution is -0.140. The normalized spacial score (nSPS) is 11.4. The van der Waals surface area contributed by atoms with Crippen LogP contribution in [0.15, 0.2) is 18.3 Å². The molecule has 1 N–H and O–H groups in total. The molecule has 1 aromatic rings. The van der Waals surface area contributed by atoms with Crippen LogP contribution in [0.5, 0.6) is 0 Å². The van der Waals surface area contributed by atoms with Crippen molar-refractivity contribution >= 4 is 22.0 Å². The number of carbonyl (C=O) groups excluding carboxylic acids is 1. The van der Waals surface area contributed by atoms with Crippen LogP contribution in [-0.4, -0.2) is 44.4 Å². The van der Waals surface area contributed by atoms with Crippen LogP contribution in [0.4, 0.5) is 5.82 Å². The molecule has 0 amide bonds. The van der Waals surface area contributed by atoms with Crippen LogP contribution in [0.3, 0.4) is 0 Å². The summed E-state index contributed by atoms with van der Waals surface area (Å²) in [6, 6.07) is 3.32. The van der Waals surface area contributed by atoms with Gasteiger partial charge in [-0.3, -0.25) is 9.52 Å². The van der Waals surface area contributed by atoms with E-state index in [2.05, 4.69) is 14.4 Å². The first kappa shape index (κ1) is 15.4. The number of methoxy groups -OCH3 is 1. The van der Waals surface area contributed by atoms with Crippen LogP contribution in [0.2, 0.25) is 0 Å². The van der Waals surface area contributed by atoms with Gasteiger partial charge in [-0.15, -0.1) is 0 Å². The fourth-order valence-electron chi connectivity index (χ4n) is 1.21. The van der Waals surface area contributed by atoms with Gasteiger partial charge in [0.15, 0.2) is 0 Å². The minimum absolute atomic E-state index is 0.00473. The van der Waals surface area contributed by atoms with Crippen LogP contribution in [0.1, 0.15) is 12.0 Å². The Kier molecular flexibility index (Phi) is 5.25. The third-order valence-electron chi connectivity index (χ3n) is 2.41. The van der Waals surface area contributed by atoms with Gasteiger partial charge in [0.1, 0.15) is 5.82 Å². The van der Waals surface area contributed by atoms with Crippen molar-refractivity contribution in [2.75, 3.05) is 25.4 Å². The summed E-state index contributed by atoms with van der Waals surface area (Å²) in [6.07, 6.45) is 1.56. The van der Waals surface area contributed by atoms with E-state index in [1.807, 2.05) is 6.92 Å². The van der Waals surface area contributed by atoms with Gasteiger partial charge in [0.2, 0.25) is 0 Å². The molecule has 1 aromatic heterocycles. The van der Waals surface area contributed by atoms with Gasteiger partial charge < -0.3 is 4.74 Å². The second-order valence-electron chi connectivity index (χ2n) is 3.98. The van der Waals surface area contributed by atoms with Crippen molar-refractivity contribution in [3.05, 3.63) is 23.9 Å². The molecular formula is C11H17N3O4S. The van der Waals surface area contributed by atoms with E-state index in [0.29, 0.717) is 0 Å². The molecule has 106 valence electrons. The maximum absolute atomic E-state index is 11.9. The average Bonchev–Trinajstić information content (AvgIpc) is 2.37. The van der Waals surface area contributed by atoms with Crippen LogP contribution < -0.4 is 4.72 Å². The Morgan fingerprint density at radius 2 is 2.16 bits per heavy atom. The van der Waals surface area contributed by atoms with E-state index in [0.717, 1.165) is 9.87 Å². The molecule has 0 aliphatic heterocycles. The van der Waals surface area contributed by atoms with Crippen molar-refractivity contribution in [1.82, 2.24) is 9.29 Å². The Labute approximate surface area is 112 Å². The second-order valence-corrected chi connectivity index (χ2v) is 5.75. The zero-order chi connectivity index (χ0) is 14.5. The molecule has 0 bridgehead atoms. The summed E-state index contributed by atoms with van der Waals surface area (Å²) in [7, 11) is -1.09. The van der Waals surface area contributed by atoms with Crippen molar-refractivity contribution in [1.29, 1.82) is 0 Å². The molecular weight excluding hydrogens is 270 g/mol. The number of carbonyl (C=O) groups is 1. The van der Waals surface area contributed by atoms with E-state index >= 15 is 0 Å². The summed E-state index contributed by atoms with van der Waals surface area (Å²) in [4.78, 5) is 14.9. The van der Waals surface area contributed by atoms with Crippen LogP contribution in [0, 0.1) is 6.92 Å².